The van der Waals surface area contributed by atoms with Crippen molar-refractivity contribution < 1.29 is 19.1 Å². The van der Waals surface area contributed by atoms with Crippen LogP contribution < -0.4 is 0 Å². The average molecular weight is 429 g/mol. The number of amides is 2. The summed E-state index contributed by atoms with van der Waals surface area (Å²) in [6.45, 7) is 6.42. The van der Waals surface area contributed by atoms with Crippen LogP contribution in [0.5, 0.6) is 0 Å². The van der Waals surface area contributed by atoms with Crippen LogP contribution >= 0.6 is 0 Å². The van der Waals surface area contributed by atoms with Gasteiger partial charge in [0.2, 0.25) is 11.8 Å². The Labute approximate surface area is 185 Å². The summed E-state index contributed by atoms with van der Waals surface area (Å²) in [5.74, 6) is 0.221. The van der Waals surface area contributed by atoms with Crippen molar-refractivity contribution >= 4 is 11.8 Å². The molecular formula is C25H36N2O4. The Morgan fingerprint density at radius 1 is 0.935 bits per heavy atom. The van der Waals surface area contributed by atoms with E-state index in [-0.39, 0.29) is 36.1 Å². The van der Waals surface area contributed by atoms with Gasteiger partial charge in [-0.25, -0.2) is 0 Å². The third-order valence-corrected chi connectivity index (χ3v) is 7.08. The van der Waals surface area contributed by atoms with Crippen LogP contribution in [0.25, 0.3) is 0 Å². The molecule has 1 unspecified atom stereocenters. The molecule has 0 saturated carbocycles. The van der Waals surface area contributed by atoms with Gasteiger partial charge in [0, 0.05) is 32.2 Å². The van der Waals surface area contributed by atoms with E-state index in [2.05, 4.69) is 24.3 Å². The molecule has 31 heavy (non-hydrogen) atoms. The SMILES string of the molecule is CCOC(OCC)C1CCCN1C(=O)[C@@H]1CCCN1C(=O)[C@H]1CCc2ccccc2C1. The van der Waals surface area contributed by atoms with E-state index in [4.69, 9.17) is 9.47 Å². The zero-order chi connectivity index (χ0) is 21.8. The van der Waals surface area contributed by atoms with Crippen LogP contribution in [0.3, 0.4) is 0 Å². The van der Waals surface area contributed by atoms with Crippen molar-refractivity contribution in [1.82, 2.24) is 9.80 Å². The fourth-order valence-electron chi connectivity index (χ4n) is 5.57. The lowest BCUT2D eigenvalue weighted by Crippen LogP contribution is -2.53. The van der Waals surface area contributed by atoms with Gasteiger partial charge in [-0.2, -0.15) is 0 Å². The number of carbonyl (C=O) groups is 2. The smallest absolute Gasteiger partial charge is 0.245 e. The fraction of sp³-hybridized carbons (Fsp3) is 0.680. The quantitative estimate of drug-likeness (QED) is 0.626. The third kappa shape index (κ3) is 4.65. The molecule has 1 aromatic rings. The monoisotopic (exact) mass is 428 g/mol. The van der Waals surface area contributed by atoms with Gasteiger partial charge >= 0.3 is 0 Å². The highest BCUT2D eigenvalue weighted by Crippen LogP contribution is 2.32. The normalized spacial score (nSPS) is 25.8. The number of likely N-dealkylation sites (tertiary alicyclic amines) is 2. The first-order valence-electron chi connectivity index (χ1n) is 12.0. The van der Waals surface area contributed by atoms with Crippen LogP contribution in [-0.2, 0) is 31.9 Å². The van der Waals surface area contributed by atoms with Crippen LogP contribution in [0.4, 0.5) is 0 Å². The van der Waals surface area contributed by atoms with E-state index in [9.17, 15) is 9.59 Å². The maximum absolute atomic E-state index is 13.6. The molecular weight excluding hydrogens is 392 g/mol. The predicted octanol–water partition coefficient (Wildman–Crippen LogP) is 3.17. The standard InChI is InChI=1S/C25H36N2O4/c1-3-30-25(31-4-2)22-12-8-16-27(22)24(29)21-11-7-15-26(21)23(28)20-14-13-18-9-5-6-10-19(18)17-20/h5-6,9-10,20-22,25H,3-4,7-8,11-17H2,1-2H3/t20-,21-,22?/m0/s1. The van der Waals surface area contributed by atoms with E-state index in [1.807, 2.05) is 23.6 Å². The summed E-state index contributed by atoms with van der Waals surface area (Å²) in [7, 11) is 0. The van der Waals surface area contributed by atoms with Crippen molar-refractivity contribution in [3.05, 3.63) is 35.4 Å². The number of aryl methyl sites for hydroxylation is 1. The molecule has 2 fully saturated rings. The Balaban J connectivity index is 1.45. The molecule has 2 aliphatic heterocycles. The molecule has 1 aromatic carbocycles. The number of rotatable bonds is 7. The number of hydrogen-bond donors (Lipinski definition) is 0. The maximum Gasteiger partial charge on any atom is 0.245 e. The minimum Gasteiger partial charge on any atom is -0.351 e. The number of benzene rings is 1. The summed E-state index contributed by atoms with van der Waals surface area (Å²) in [4.78, 5) is 30.9. The molecule has 4 rings (SSSR count). The Morgan fingerprint density at radius 3 is 2.35 bits per heavy atom. The second kappa shape index (κ2) is 10.1. The minimum atomic E-state index is -0.387. The molecule has 2 heterocycles. The van der Waals surface area contributed by atoms with Gasteiger partial charge in [-0.1, -0.05) is 24.3 Å². The van der Waals surface area contributed by atoms with Crippen LogP contribution in [0, 0.1) is 5.92 Å². The largest absolute Gasteiger partial charge is 0.351 e. The lowest BCUT2D eigenvalue weighted by atomic mass is 9.83. The highest BCUT2D eigenvalue weighted by atomic mass is 16.7. The Bertz CT molecular complexity index is 777. The molecule has 0 spiro atoms. The third-order valence-electron chi connectivity index (χ3n) is 7.08. The van der Waals surface area contributed by atoms with Gasteiger partial charge < -0.3 is 19.3 Å². The van der Waals surface area contributed by atoms with Crippen molar-refractivity contribution in [2.75, 3.05) is 26.3 Å². The predicted molar refractivity (Wildman–Crippen MR) is 118 cm³/mol. The van der Waals surface area contributed by atoms with Crippen molar-refractivity contribution in [1.29, 1.82) is 0 Å². The Morgan fingerprint density at radius 2 is 1.61 bits per heavy atom. The van der Waals surface area contributed by atoms with E-state index in [0.29, 0.717) is 19.8 Å². The van der Waals surface area contributed by atoms with E-state index in [1.165, 1.54) is 11.1 Å². The molecule has 2 saturated heterocycles. The topological polar surface area (TPSA) is 59.1 Å². The van der Waals surface area contributed by atoms with Crippen LogP contribution in [0.1, 0.15) is 57.1 Å². The van der Waals surface area contributed by atoms with Gasteiger partial charge in [0.05, 0.1) is 6.04 Å². The van der Waals surface area contributed by atoms with Crippen LogP contribution in [0.15, 0.2) is 24.3 Å². The summed E-state index contributed by atoms with van der Waals surface area (Å²) < 4.78 is 11.6. The summed E-state index contributed by atoms with van der Waals surface area (Å²) in [6, 6.07) is 8.02. The molecule has 0 aromatic heterocycles. The summed E-state index contributed by atoms with van der Waals surface area (Å²) in [6.07, 6.45) is 5.70. The molecule has 6 heteroatoms. The van der Waals surface area contributed by atoms with Crippen molar-refractivity contribution in [3.8, 4) is 0 Å². The van der Waals surface area contributed by atoms with Crippen molar-refractivity contribution in [2.45, 2.75) is 77.2 Å². The molecule has 3 aliphatic rings. The van der Waals surface area contributed by atoms with Gasteiger partial charge in [-0.3, -0.25) is 9.59 Å². The highest BCUT2D eigenvalue weighted by molar-refractivity contribution is 5.89. The molecule has 0 radical (unpaired) electrons. The Hall–Kier alpha value is -1.92. The van der Waals surface area contributed by atoms with Crippen LogP contribution in [-0.4, -0.2) is 66.3 Å². The zero-order valence-electron chi connectivity index (χ0n) is 18.9. The van der Waals surface area contributed by atoms with Gasteiger partial charge in [-0.05, 0) is 69.9 Å². The second-order valence-corrected chi connectivity index (χ2v) is 8.92. The van der Waals surface area contributed by atoms with E-state index >= 15 is 0 Å². The maximum atomic E-state index is 13.6. The number of fused-ring (bicyclic) bond motifs is 1. The zero-order valence-corrected chi connectivity index (χ0v) is 18.9. The van der Waals surface area contributed by atoms with Gasteiger partial charge in [0.15, 0.2) is 6.29 Å². The van der Waals surface area contributed by atoms with Crippen molar-refractivity contribution in [3.63, 3.8) is 0 Å². The first kappa shape index (κ1) is 22.3. The molecule has 0 N–H and O–H groups in total. The first-order chi connectivity index (χ1) is 15.1. The molecule has 2 amide bonds. The van der Waals surface area contributed by atoms with Crippen molar-refractivity contribution in [2.24, 2.45) is 5.92 Å². The van der Waals surface area contributed by atoms with Gasteiger partial charge in [0.1, 0.15) is 6.04 Å². The van der Waals surface area contributed by atoms with Gasteiger partial charge in [0.25, 0.3) is 0 Å². The minimum absolute atomic E-state index is 0.0164. The lowest BCUT2D eigenvalue weighted by Gasteiger charge is -2.36. The number of ether oxygens (including phenoxy) is 2. The second-order valence-electron chi connectivity index (χ2n) is 8.92. The summed E-state index contributed by atoms with van der Waals surface area (Å²) >= 11 is 0. The molecule has 3 atom stereocenters. The number of hydrogen-bond acceptors (Lipinski definition) is 4. The lowest BCUT2D eigenvalue weighted by molar-refractivity contribution is -0.177. The van der Waals surface area contributed by atoms with Gasteiger partial charge in [-0.15, -0.1) is 0 Å². The number of nitrogens with zero attached hydrogens (tertiary/aromatic N) is 2. The van der Waals surface area contributed by atoms with E-state index in [1.54, 1.807) is 0 Å². The van der Waals surface area contributed by atoms with Crippen LogP contribution in [0.2, 0.25) is 0 Å². The van der Waals surface area contributed by atoms with E-state index in [0.717, 1.165) is 51.5 Å². The number of carbonyl (C=O) groups excluding carboxylic acids is 2. The molecule has 1 aliphatic carbocycles. The van der Waals surface area contributed by atoms with E-state index < -0.39 is 0 Å². The summed E-state index contributed by atoms with van der Waals surface area (Å²) in [5.41, 5.74) is 2.64. The Kier molecular flexibility index (Phi) is 7.28. The first-order valence-corrected chi connectivity index (χ1v) is 12.0. The molecule has 0 bridgehead atoms. The fourth-order valence-corrected chi connectivity index (χ4v) is 5.57. The highest BCUT2D eigenvalue weighted by Gasteiger charge is 2.44. The summed E-state index contributed by atoms with van der Waals surface area (Å²) in [5, 5.41) is 0. The average Bonchev–Trinajstić information content (AvgIpc) is 3.47. The molecule has 170 valence electrons. The molecule has 6 nitrogen and oxygen atoms in total.